The predicted molar refractivity (Wildman–Crippen MR) is 119 cm³/mol. The first-order chi connectivity index (χ1) is 14.6. The molecule has 4 rings (SSSR count). The highest BCUT2D eigenvalue weighted by molar-refractivity contribution is 6.00. The summed E-state index contributed by atoms with van der Waals surface area (Å²) in [5.74, 6) is -0.153. The number of pyridine rings is 1. The summed E-state index contributed by atoms with van der Waals surface area (Å²) in [5, 5.41) is 3.89. The maximum Gasteiger partial charge on any atom is 0.248 e. The number of hydrogen-bond acceptors (Lipinski definition) is 5. The zero-order valence-corrected chi connectivity index (χ0v) is 16.8. The van der Waals surface area contributed by atoms with Crippen LogP contribution >= 0.6 is 0 Å². The third-order valence-electron chi connectivity index (χ3n) is 4.59. The summed E-state index contributed by atoms with van der Waals surface area (Å²) in [5.41, 5.74) is 5.25. The van der Waals surface area contributed by atoms with E-state index in [1.165, 1.54) is 6.33 Å². The molecule has 1 aromatic carbocycles. The lowest BCUT2D eigenvalue weighted by Gasteiger charge is -2.07. The fraction of sp³-hybridized carbons (Fsp3) is 0.130. The van der Waals surface area contributed by atoms with Gasteiger partial charge in [0.05, 0.1) is 5.69 Å². The number of aromatic nitrogens is 4. The van der Waals surface area contributed by atoms with Gasteiger partial charge in [0.2, 0.25) is 5.91 Å². The summed E-state index contributed by atoms with van der Waals surface area (Å²) < 4.78 is 0. The molecule has 0 aliphatic heterocycles. The highest BCUT2D eigenvalue weighted by atomic mass is 16.1. The molecule has 0 unspecified atom stereocenters. The van der Waals surface area contributed by atoms with E-state index in [0.717, 1.165) is 39.1 Å². The van der Waals surface area contributed by atoms with Crippen molar-refractivity contribution in [2.75, 3.05) is 26.0 Å². The van der Waals surface area contributed by atoms with Crippen LogP contribution in [0.15, 0.2) is 73.5 Å². The first-order valence-corrected chi connectivity index (χ1v) is 9.56. The Labute approximate surface area is 174 Å². The van der Waals surface area contributed by atoms with Crippen LogP contribution in [-0.4, -0.2) is 51.4 Å². The molecule has 2 N–H and O–H groups in total. The third kappa shape index (κ3) is 4.42. The molecule has 0 saturated heterocycles. The molecule has 0 bridgehead atoms. The molecular formula is C23H22N6O. The van der Waals surface area contributed by atoms with Crippen LogP contribution in [0.1, 0.15) is 0 Å². The van der Waals surface area contributed by atoms with Gasteiger partial charge >= 0.3 is 0 Å². The number of nitrogens with one attached hydrogen (secondary N) is 2. The van der Waals surface area contributed by atoms with E-state index in [2.05, 4.69) is 31.3 Å². The van der Waals surface area contributed by atoms with E-state index in [4.69, 9.17) is 0 Å². The summed E-state index contributed by atoms with van der Waals surface area (Å²) in [6, 6.07) is 11.7. The molecule has 0 atom stereocenters. The maximum atomic E-state index is 12.1. The average Bonchev–Trinajstić information content (AvgIpc) is 3.17. The molecule has 7 heteroatoms. The molecule has 3 aromatic heterocycles. The molecule has 0 fully saturated rings. The minimum atomic E-state index is -0.153. The number of rotatable bonds is 6. The molecule has 4 aromatic rings. The van der Waals surface area contributed by atoms with Gasteiger partial charge in [0.15, 0.2) is 0 Å². The molecule has 1 amide bonds. The first-order valence-electron chi connectivity index (χ1n) is 9.56. The molecule has 0 spiro atoms. The molecule has 30 heavy (non-hydrogen) atoms. The van der Waals surface area contributed by atoms with Gasteiger partial charge in [-0.15, -0.1) is 0 Å². The van der Waals surface area contributed by atoms with Crippen LogP contribution in [-0.2, 0) is 4.79 Å². The molecule has 0 saturated carbocycles. The molecule has 7 nitrogen and oxygen atoms in total. The van der Waals surface area contributed by atoms with Crippen LogP contribution in [0.2, 0.25) is 0 Å². The van der Waals surface area contributed by atoms with Crippen molar-refractivity contribution in [2.45, 2.75) is 0 Å². The molecule has 0 aliphatic carbocycles. The second-order valence-electron chi connectivity index (χ2n) is 7.15. The van der Waals surface area contributed by atoms with Crippen molar-refractivity contribution in [3.8, 4) is 22.4 Å². The number of carbonyl (C=O) groups excluding carboxylic acids is 1. The van der Waals surface area contributed by atoms with Crippen LogP contribution in [0.25, 0.3) is 33.4 Å². The number of nitrogens with zero attached hydrogens (tertiary/aromatic N) is 4. The van der Waals surface area contributed by atoms with Crippen LogP contribution in [0.5, 0.6) is 0 Å². The van der Waals surface area contributed by atoms with Gasteiger partial charge in [-0.1, -0.05) is 18.2 Å². The molecule has 150 valence electrons. The van der Waals surface area contributed by atoms with Gasteiger partial charge in [0.25, 0.3) is 0 Å². The first kappa shape index (κ1) is 19.5. The van der Waals surface area contributed by atoms with Gasteiger partial charge < -0.3 is 15.2 Å². The van der Waals surface area contributed by atoms with Crippen molar-refractivity contribution in [3.05, 3.63) is 73.5 Å². The van der Waals surface area contributed by atoms with Crippen molar-refractivity contribution in [3.63, 3.8) is 0 Å². The lowest BCUT2D eigenvalue weighted by molar-refractivity contribution is -0.111. The summed E-state index contributed by atoms with van der Waals surface area (Å²) in [4.78, 5) is 30.2. The van der Waals surface area contributed by atoms with Crippen molar-refractivity contribution >= 4 is 22.6 Å². The number of H-pyrrole nitrogens is 1. The summed E-state index contributed by atoms with van der Waals surface area (Å²) in [6.45, 7) is 0.713. The zero-order chi connectivity index (χ0) is 20.9. The monoisotopic (exact) mass is 398 g/mol. The van der Waals surface area contributed by atoms with Crippen LogP contribution in [0, 0.1) is 0 Å². The van der Waals surface area contributed by atoms with E-state index in [1.807, 2.05) is 67.8 Å². The standard InChI is InChI=1S/C23H22N6O/c1-29(2)10-4-7-22(30)28-18-6-3-5-16(11-18)17-12-19-20(14-26-23(19)25-13-17)21-8-9-24-15-27-21/h3-9,11-15H,10H2,1-2H3,(H,25,26)(H,28,30)/b7-4+. The second kappa shape index (κ2) is 8.67. The Bertz CT molecular complexity index is 1200. The number of likely N-dealkylation sites (N-methyl/N-ethyl adjacent to an activating group) is 1. The fourth-order valence-corrected chi connectivity index (χ4v) is 3.15. The lowest BCUT2D eigenvalue weighted by Crippen LogP contribution is -2.12. The average molecular weight is 398 g/mol. The van der Waals surface area contributed by atoms with E-state index in [9.17, 15) is 4.79 Å². The number of amides is 1. The van der Waals surface area contributed by atoms with Crippen LogP contribution in [0.4, 0.5) is 5.69 Å². The second-order valence-corrected chi connectivity index (χ2v) is 7.15. The SMILES string of the molecule is CN(C)C/C=C/C(=O)Nc1cccc(-c2cnc3[nH]cc(-c4ccncn4)c3c2)c1. The highest BCUT2D eigenvalue weighted by Crippen LogP contribution is 2.30. The van der Waals surface area contributed by atoms with E-state index < -0.39 is 0 Å². The van der Waals surface area contributed by atoms with E-state index in [-0.39, 0.29) is 5.91 Å². The van der Waals surface area contributed by atoms with Gasteiger partial charge in [0, 0.05) is 53.4 Å². The Morgan fingerprint density at radius 3 is 2.87 bits per heavy atom. The number of aromatic amines is 1. The smallest absolute Gasteiger partial charge is 0.248 e. The van der Waals surface area contributed by atoms with E-state index in [0.29, 0.717) is 6.54 Å². The van der Waals surface area contributed by atoms with Crippen molar-refractivity contribution in [1.29, 1.82) is 0 Å². The maximum absolute atomic E-state index is 12.1. The van der Waals surface area contributed by atoms with E-state index in [1.54, 1.807) is 12.3 Å². The summed E-state index contributed by atoms with van der Waals surface area (Å²) in [6.07, 6.45) is 10.4. The minimum Gasteiger partial charge on any atom is -0.345 e. The summed E-state index contributed by atoms with van der Waals surface area (Å²) in [7, 11) is 3.91. The quantitative estimate of drug-likeness (QED) is 0.483. The van der Waals surface area contributed by atoms with Crippen molar-refractivity contribution < 1.29 is 4.79 Å². The number of benzene rings is 1. The van der Waals surface area contributed by atoms with Gasteiger partial charge in [-0.3, -0.25) is 4.79 Å². The Morgan fingerprint density at radius 2 is 2.07 bits per heavy atom. The number of hydrogen-bond donors (Lipinski definition) is 2. The zero-order valence-electron chi connectivity index (χ0n) is 16.8. The topological polar surface area (TPSA) is 86.8 Å². The Hall–Kier alpha value is -3.84. The van der Waals surface area contributed by atoms with Gasteiger partial charge in [0.1, 0.15) is 12.0 Å². The van der Waals surface area contributed by atoms with Crippen LogP contribution in [0.3, 0.4) is 0 Å². The van der Waals surface area contributed by atoms with Crippen LogP contribution < -0.4 is 5.32 Å². The van der Waals surface area contributed by atoms with Gasteiger partial charge in [-0.05, 0) is 43.9 Å². The molecule has 0 aliphatic rings. The Kier molecular flexibility index (Phi) is 5.63. The number of fused-ring (bicyclic) bond motifs is 1. The molecular weight excluding hydrogens is 376 g/mol. The Morgan fingerprint density at radius 1 is 1.17 bits per heavy atom. The normalized spacial score (nSPS) is 11.4. The fourth-order valence-electron chi connectivity index (χ4n) is 3.15. The number of carbonyl (C=O) groups is 1. The van der Waals surface area contributed by atoms with Gasteiger partial charge in [-0.25, -0.2) is 15.0 Å². The van der Waals surface area contributed by atoms with E-state index >= 15 is 0 Å². The van der Waals surface area contributed by atoms with Crippen molar-refractivity contribution in [2.24, 2.45) is 0 Å². The minimum absolute atomic E-state index is 0.153. The molecule has 3 heterocycles. The molecule has 0 radical (unpaired) electrons. The Balaban J connectivity index is 1.61. The summed E-state index contributed by atoms with van der Waals surface area (Å²) >= 11 is 0. The van der Waals surface area contributed by atoms with Crippen molar-refractivity contribution in [1.82, 2.24) is 24.8 Å². The number of anilines is 1. The lowest BCUT2D eigenvalue weighted by atomic mass is 10.0. The van der Waals surface area contributed by atoms with Gasteiger partial charge in [-0.2, -0.15) is 0 Å². The third-order valence-corrected chi connectivity index (χ3v) is 4.59. The predicted octanol–water partition coefficient (Wildman–Crippen LogP) is 3.74. The largest absolute Gasteiger partial charge is 0.345 e. The highest BCUT2D eigenvalue weighted by Gasteiger charge is 2.10.